The molecule has 1 aliphatic rings. The summed E-state index contributed by atoms with van der Waals surface area (Å²) in [5.41, 5.74) is 1.62. The summed E-state index contributed by atoms with van der Waals surface area (Å²) in [4.78, 5) is 24.9. The van der Waals surface area contributed by atoms with Gasteiger partial charge in [-0.3, -0.25) is 9.59 Å². The first-order chi connectivity index (χ1) is 13.8. The number of rotatable bonds is 7. The molecule has 0 aliphatic carbocycles. The maximum absolute atomic E-state index is 12.6. The summed E-state index contributed by atoms with van der Waals surface area (Å²) in [6.07, 6.45) is 0.969. The number of hydrogen-bond acceptors (Lipinski definition) is 5. The standard InChI is InChI=1S/C21H24N2O4S2/c1-15-13-21(25)23-18-14-17(7-8-19(18)28-15)29(26,27)12-10-20(24)22-11-9-16-5-3-2-4-6-16/h2-8,14-15H,9-13H2,1H3,(H,22,24)(H,23,25)/t15-/m1/s1. The van der Waals surface area contributed by atoms with E-state index in [9.17, 15) is 18.0 Å². The molecule has 0 unspecified atom stereocenters. The second-order valence-electron chi connectivity index (χ2n) is 6.99. The van der Waals surface area contributed by atoms with Crippen molar-refractivity contribution in [3.05, 3.63) is 54.1 Å². The number of anilines is 1. The predicted octanol–water partition coefficient (Wildman–Crippen LogP) is 3.03. The van der Waals surface area contributed by atoms with Gasteiger partial charge < -0.3 is 10.6 Å². The van der Waals surface area contributed by atoms with Crippen molar-refractivity contribution >= 4 is 39.1 Å². The van der Waals surface area contributed by atoms with E-state index in [-0.39, 0.29) is 34.1 Å². The molecule has 0 fully saturated rings. The van der Waals surface area contributed by atoms with Gasteiger partial charge in [0.1, 0.15) is 0 Å². The van der Waals surface area contributed by atoms with Gasteiger partial charge in [0.2, 0.25) is 11.8 Å². The van der Waals surface area contributed by atoms with Gasteiger partial charge in [0, 0.05) is 29.5 Å². The Balaban J connectivity index is 1.57. The van der Waals surface area contributed by atoms with Crippen LogP contribution in [0.5, 0.6) is 0 Å². The second-order valence-corrected chi connectivity index (χ2v) is 10.6. The fourth-order valence-electron chi connectivity index (χ4n) is 3.05. The average molecular weight is 433 g/mol. The minimum absolute atomic E-state index is 0.105. The SMILES string of the molecule is C[C@@H]1CC(=O)Nc2cc(S(=O)(=O)CCC(=O)NCCc3ccccc3)ccc2S1. The molecule has 2 aromatic carbocycles. The summed E-state index contributed by atoms with van der Waals surface area (Å²) in [7, 11) is -3.63. The van der Waals surface area contributed by atoms with E-state index in [0.717, 1.165) is 10.5 Å². The third-order valence-electron chi connectivity index (χ3n) is 4.56. The largest absolute Gasteiger partial charge is 0.356 e. The molecule has 1 heterocycles. The number of sulfone groups is 1. The van der Waals surface area contributed by atoms with Crippen LogP contribution in [0.1, 0.15) is 25.3 Å². The summed E-state index contributed by atoms with van der Waals surface area (Å²) in [5, 5.41) is 5.65. The first-order valence-corrected chi connectivity index (χ1v) is 12.0. The van der Waals surface area contributed by atoms with Crippen molar-refractivity contribution in [1.82, 2.24) is 5.32 Å². The fourth-order valence-corrected chi connectivity index (χ4v) is 5.36. The van der Waals surface area contributed by atoms with E-state index < -0.39 is 9.84 Å². The summed E-state index contributed by atoms with van der Waals surface area (Å²) < 4.78 is 25.3. The summed E-state index contributed by atoms with van der Waals surface area (Å²) in [6, 6.07) is 14.5. The van der Waals surface area contributed by atoms with Crippen LogP contribution in [0.25, 0.3) is 0 Å². The highest BCUT2D eigenvalue weighted by Gasteiger charge is 2.22. The number of benzene rings is 2. The van der Waals surface area contributed by atoms with Gasteiger partial charge in [-0.25, -0.2) is 8.42 Å². The minimum Gasteiger partial charge on any atom is -0.356 e. The van der Waals surface area contributed by atoms with E-state index >= 15 is 0 Å². The van der Waals surface area contributed by atoms with Gasteiger partial charge in [-0.05, 0) is 30.2 Å². The number of amides is 2. The number of hydrogen-bond donors (Lipinski definition) is 2. The summed E-state index contributed by atoms with van der Waals surface area (Å²) in [5.74, 6) is -0.700. The van der Waals surface area contributed by atoms with Crippen LogP contribution in [-0.4, -0.2) is 37.8 Å². The molecular formula is C21H24N2O4S2. The summed E-state index contributed by atoms with van der Waals surface area (Å²) >= 11 is 1.54. The second kappa shape index (κ2) is 9.45. The van der Waals surface area contributed by atoms with E-state index in [1.54, 1.807) is 12.1 Å². The van der Waals surface area contributed by atoms with E-state index in [2.05, 4.69) is 10.6 Å². The molecule has 0 saturated heterocycles. The highest BCUT2D eigenvalue weighted by atomic mass is 32.2. The van der Waals surface area contributed by atoms with Crippen LogP contribution >= 0.6 is 11.8 Å². The smallest absolute Gasteiger partial charge is 0.225 e. The lowest BCUT2D eigenvalue weighted by Gasteiger charge is -2.11. The Morgan fingerprint density at radius 1 is 1.21 bits per heavy atom. The number of nitrogens with one attached hydrogen (secondary N) is 2. The van der Waals surface area contributed by atoms with Crippen LogP contribution in [-0.2, 0) is 25.8 Å². The highest BCUT2D eigenvalue weighted by Crippen LogP contribution is 2.36. The molecule has 0 radical (unpaired) electrons. The van der Waals surface area contributed by atoms with Crippen LogP contribution in [0.4, 0.5) is 5.69 Å². The third-order valence-corrected chi connectivity index (χ3v) is 7.45. The van der Waals surface area contributed by atoms with Gasteiger partial charge in [0.05, 0.1) is 16.3 Å². The molecule has 0 bridgehead atoms. The van der Waals surface area contributed by atoms with Crippen LogP contribution in [0.2, 0.25) is 0 Å². The lowest BCUT2D eigenvalue weighted by molar-refractivity contribution is -0.120. The zero-order valence-corrected chi connectivity index (χ0v) is 17.8. The Kier molecular flexibility index (Phi) is 6.97. The van der Waals surface area contributed by atoms with Crippen molar-refractivity contribution in [3.8, 4) is 0 Å². The van der Waals surface area contributed by atoms with Gasteiger partial charge in [-0.1, -0.05) is 37.3 Å². The van der Waals surface area contributed by atoms with Crippen molar-refractivity contribution < 1.29 is 18.0 Å². The van der Waals surface area contributed by atoms with Gasteiger partial charge in [-0.15, -0.1) is 11.8 Å². The maximum atomic E-state index is 12.6. The summed E-state index contributed by atoms with van der Waals surface area (Å²) in [6.45, 7) is 2.42. The zero-order chi connectivity index (χ0) is 20.9. The fraction of sp³-hybridized carbons (Fsp3) is 0.333. The third kappa shape index (κ3) is 6.08. The Morgan fingerprint density at radius 2 is 1.97 bits per heavy atom. The Hall–Kier alpha value is -2.32. The normalized spacial score (nSPS) is 16.4. The van der Waals surface area contributed by atoms with Crippen molar-refractivity contribution in [2.24, 2.45) is 0 Å². The van der Waals surface area contributed by atoms with E-state index in [0.29, 0.717) is 25.1 Å². The number of carbonyl (C=O) groups is 2. The molecule has 29 heavy (non-hydrogen) atoms. The first kappa shape index (κ1) is 21.4. The van der Waals surface area contributed by atoms with Crippen LogP contribution < -0.4 is 10.6 Å². The number of fused-ring (bicyclic) bond motifs is 1. The molecule has 0 aromatic heterocycles. The quantitative estimate of drug-likeness (QED) is 0.702. The van der Waals surface area contributed by atoms with Crippen molar-refractivity contribution in [2.45, 2.75) is 41.2 Å². The van der Waals surface area contributed by atoms with E-state index in [4.69, 9.17) is 0 Å². The van der Waals surface area contributed by atoms with Crippen LogP contribution in [0.3, 0.4) is 0 Å². The Labute approximate surface area is 175 Å². The van der Waals surface area contributed by atoms with E-state index in [1.807, 2.05) is 37.3 Å². The lowest BCUT2D eigenvalue weighted by atomic mass is 10.1. The molecule has 1 atom stereocenters. The van der Waals surface area contributed by atoms with Gasteiger partial charge in [0.25, 0.3) is 0 Å². The van der Waals surface area contributed by atoms with Crippen molar-refractivity contribution in [1.29, 1.82) is 0 Å². The maximum Gasteiger partial charge on any atom is 0.225 e. The van der Waals surface area contributed by atoms with Gasteiger partial charge in [0.15, 0.2) is 9.84 Å². The average Bonchev–Trinajstić information content (AvgIpc) is 2.82. The first-order valence-electron chi connectivity index (χ1n) is 9.47. The molecule has 0 saturated carbocycles. The van der Waals surface area contributed by atoms with Crippen LogP contribution in [0, 0.1) is 0 Å². The topological polar surface area (TPSA) is 92.3 Å². The molecular weight excluding hydrogens is 408 g/mol. The number of thioether (sulfide) groups is 1. The molecule has 8 heteroatoms. The molecule has 6 nitrogen and oxygen atoms in total. The molecule has 1 aliphatic heterocycles. The van der Waals surface area contributed by atoms with E-state index in [1.165, 1.54) is 17.8 Å². The van der Waals surface area contributed by atoms with Gasteiger partial charge in [-0.2, -0.15) is 0 Å². The van der Waals surface area contributed by atoms with Crippen LogP contribution in [0.15, 0.2) is 58.3 Å². The van der Waals surface area contributed by atoms with Gasteiger partial charge >= 0.3 is 0 Å². The van der Waals surface area contributed by atoms with Crippen molar-refractivity contribution in [2.75, 3.05) is 17.6 Å². The molecule has 2 aromatic rings. The monoisotopic (exact) mass is 432 g/mol. The highest BCUT2D eigenvalue weighted by molar-refractivity contribution is 8.00. The molecule has 3 rings (SSSR count). The Morgan fingerprint density at radius 3 is 2.72 bits per heavy atom. The molecule has 2 N–H and O–H groups in total. The molecule has 0 spiro atoms. The molecule has 2 amide bonds. The lowest BCUT2D eigenvalue weighted by Crippen LogP contribution is -2.27. The minimum atomic E-state index is -3.63. The Bertz CT molecular complexity index is 991. The number of carbonyl (C=O) groups excluding carboxylic acids is 2. The predicted molar refractivity (Wildman–Crippen MR) is 115 cm³/mol. The molecule has 154 valence electrons. The van der Waals surface area contributed by atoms with Crippen molar-refractivity contribution in [3.63, 3.8) is 0 Å². The zero-order valence-electron chi connectivity index (χ0n) is 16.2.